The van der Waals surface area contributed by atoms with E-state index in [-0.39, 0.29) is 39.9 Å². The number of benzene rings is 2. The van der Waals surface area contributed by atoms with E-state index in [2.05, 4.69) is 32.2 Å². The van der Waals surface area contributed by atoms with Gasteiger partial charge in [-0.2, -0.15) is 0 Å². The van der Waals surface area contributed by atoms with Crippen molar-refractivity contribution >= 4 is 23.0 Å². The number of hydrogen-bond acceptors (Lipinski definition) is 6. The summed E-state index contributed by atoms with van der Waals surface area (Å²) in [6.45, 7) is 8.65. The van der Waals surface area contributed by atoms with Gasteiger partial charge >= 0.3 is 0 Å². The van der Waals surface area contributed by atoms with Crippen LogP contribution >= 0.6 is 0 Å². The van der Waals surface area contributed by atoms with Crippen LogP contribution in [-0.2, 0) is 4.74 Å². The molecule has 1 amide bonds. The Bertz CT molecular complexity index is 1150. The Balaban J connectivity index is 1.89. The number of anilines is 3. The van der Waals surface area contributed by atoms with Gasteiger partial charge in [0.2, 0.25) is 0 Å². The van der Waals surface area contributed by atoms with E-state index in [1.54, 1.807) is 12.1 Å². The van der Waals surface area contributed by atoms with Gasteiger partial charge in [0.15, 0.2) is 6.23 Å². The number of para-hydroxylation sites is 1. The lowest BCUT2D eigenvalue weighted by atomic mass is 10.0. The van der Waals surface area contributed by atoms with Crippen molar-refractivity contribution in [2.75, 3.05) is 17.3 Å². The number of phenols is 3. The summed E-state index contributed by atoms with van der Waals surface area (Å²) in [7, 11) is 1.50. The molecule has 7 heteroatoms. The van der Waals surface area contributed by atoms with Gasteiger partial charge in [-0.3, -0.25) is 9.69 Å². The highest BCUT2D eigenvalue weighted by Crippen LogP contribution is 2.46. The molecule has 36 heavy (non-hydrogen) atoms. The third kappa shape index (κ3) is 6.40. The number of nitrogens with zero attached hydrogens (tertiary/aromatic N) is 1. The third-order valence-corrected chi connectivity index (χ3v) is 6.39. The fraction of sp³-hybridized carbons (Fsp3) is 0.414. The number of fused-ring (bicyclic) bond motifs is 2. The van der Waals surface area contributed by atoms with E-state index in [9.17, 15) is 20.1 Å². The molecule has 2 aromatic rings. The number of methoxy groups -OCH3 is 1. The van der Waals surface area contributed by atoms with Crippen LogP contribution in [0.15, 0.2) is 53.6 Å². The second-order valence-electron chi connectivity index (χ2n) is 9.87. The molecule has 4 N–H and O–H groups in total. The Morgan fingerprint density at radius 1 is 1.06 bits per heavy atom. The van der Waals surface area contributed by atoms with Crippen LogP contribution in [0.25, 0.3) is 0 Å². The zero-order valence-electron chi connectivity index (χ0n) is 21.8. The Kier molecular flexibility index (Phi) is 9.04. The number of rotatable bonds is 10. The van der Waals surface area contributed by atoms with Crippen molar-refractivity contribution in [1.29, 1.82) is 0 Å². The quantitative estimate of drug-likeness (QED) is 0.161. The first-order chi connectivity index (χ1) is 17.1. The Morgan fingerprint density at radius 3 is 2.50 bits per heavy atom. The summed E-state index contributed by atoms with van der Waals surface area (Å²) >= 11 is 0. The van der Waals surface area contributed by atoms with Gasteiger partial charge in [0.25, 0.3) is 5.91 Å². The van der Waals surface area contributed by atoms with Crippen molar-refractivity contribution in [3.05, 3.63) is 59.2 Å². The van der Waals surface area contributed by atoms with Gasteiger partial charge in [-0.1, -0.05) is 43.6 Å². The summed E-state index contributed by atoms with van der Waals surface area (Å²) < 4.78 is 5.73. The van der Waals surface area contributed by atoms with Gasteiger partial charge in [-0.25, -0.2) is 0 Å². The van der Waals surface area contributed by atoms with Crippen molar-refractivity contribution < 1.29 is 24.9 Å². The monoisotopic (exact) mass is 494 g/mol. The van der Waals surface area contributed by atoms with Crippen molar-refractivity contribution in [2.45, 2.75) is 66.0 Å². The molecule has 1 aliphatic heterocycles. The van der Waals surface area contributed by atoms with Crippen molar-refractivity contribution in [1.82, 2.24) is 0 Å². The molecule has 0 aromatic heterocycles. The van der Waals surface area contributed by atoms with Gasteiger partial charge < -0.3 is 25.4 Å². The Hall–Kier alpha value is -3.45. The smallest absolute Gasteiger partial charge is 0.262 e. The number of phenolic OH excluding ortho intramolecular Hbond substituents is 3. The number of amides is 1. The number of aromatic hydroxyl groups is 3. The largest absolute Gasteiger partial charge is 0.508 e. The van der Waals surface area contributed by atoms with E-state index in [4.69, 9.17) is 4.74 Å². The minimum absolute atomic E-state index is 0.127. The number of hydrogen-bond donors (Lipinski definition) is 4. The van der Waals surface area contributed by atoms with Crippen LogP contribution in [0.2, 0.25) is 0 Å². The molecular formula is C29H38N2O5. The molecule has 0 fully saturated rings. The predicted octanol–water partition coefficient (Wildman–Crippen LogP) is 6.98. The summed E-state index contributed by atoms with van der Waals surface area (Å²) in [6, 6.07) is 7.20. The molecule has 194 valence electrons. The number of ether oxygens (including phenoxy) is 1. The SMILES string of the molecule is COC(C=C(C)CCC=C(C)CCCC(C)C)N1C(=O)c2cccc(O)c2Nc2c(O)cc(O)cc21. The summed E-state index contributed by atoms with van der Waals surface area (Å²) in [4.78, 5) is 15.1. The lowest BCUT2D eigenvalue weighted by Gasteiger charge is -2.29. The lowest BCUT2D eigenvalue weighted by Crippen LogP contribution is -2.40. The zero-order valence-corrected chi connectivity index (χ0v) is 21.8. The van der Waals surface area contributed by atoms with E-state index in [0.717, 1.165) is 30.8 Å². The van der Waals surface area contributed by atoms with Gasteiger partial charge in [-0.15, -0.1) is 0 Å². The molecule has 0 saturated carbocycles. The van der Waals surface area contributed by atoms with Crippen LogP contribution in [0.3, 0.4) is 0 Å². The Morgan fingerprint density at radius 2 is 1.81 bits per heavy atom. The third-order valence-electron chi connectivity index (χ3n) is 6.39. The molecule has 0 saturated heterocycles. The van der Waals surface area contributed by atoms with Crippen LogP contribution in [-0.4, -0.2) is 34.6 Å². The van der Waals surface area contributed by atoms with Crippen LogP contribution in [0, 0.1) is 5.92 Å². The summed E-state index contributed by atoms with van der Waals surface area (Å²) in [5, 5.41) is 34.1. The molecule has 1 atom stereocenters. The van der Waals surface area contributed by atoms with Crippen LogP contribution in [0.5, 0.6) is 17.2 Å². The average Bonchev–Trinajstić information content (AvgIpc) is 2.93. The van der Waals surface area contributed by atoms with Crippen molar-refractivity contribution in [2.24, 2.45) is 5.92 Å². The van der Waals surface area contributed by atoms with E-state index >= 15 is 0 Å². The molecule has 2 aromatic carbocycles. The number of allylic oxidation sites excluding steroid dienone is 3. The highest BCUT2D eigenvalue weighted by molar-refractivity contribution is 6.15. The molecule has 1 aliphatic rings. The molecule has 1 unspecified atom stereocenters. The minimum Gasteiger partial charge on any atom is -0.508 e. The highest BCUT2D eigenvalue weighted by atomic mass is 16.5. The second-order valence-corrected chi connectivity index (χ2v) is 9.87. The summed E-state index contributed by atoms with van der Waals surface area (Å²) in [5.74, 6) is -0.302. The fourth-order valence-electron chi connectivity index (χ4n) is 4.39. The van der Waals surface area contributed by atoms with Gasteiger partial charge in [0.1, 0.15) is 22.9 Å². The first-order valence-electron chi connectivity index (χ1n) is 12.5. The van der Waals surface area contributed by atoms with E-state index in [1.807, 2.05) is 13.0 Å². The lowest BCUT2D eigenvalue weighted by molar-refractivity contribution is 0.0860. The molecule has 0 spiro atoms. The molecular weight excluding hydrogens is 456 g/mol. The van der Waals surface area contributed by atoms with E-state index in [1.165, 1.54) is 48.6 Å². The van der Waals surface area contributed by atoms with Crippen LogP contribution in [0.1, 0.15) is 70.2 Å². The predicted molar refractivity (Wildman–Crippen MR) is 144 cm³/mol. The molecule has 7 nitrogen and oxygen atoms in total. The number of carbonyl (C=O) groups is 1. The molecule has 1 heterocycles. The van der Waals surface area contributed by atoms with E-state index in [0.29, 0.717) is 0 Å². The summed E-state index contributed by atoms with van der Waals surface area (Å²) in [6.07, 6.45) is 8.56. The maximum Gasteiger partial charge on any atom is 0.262 e. The minimum atomic E-state index is -0.802. The maximum absolute atomic E-state index is 13.7. The van der Waals surface area contributed by atoms with Crippen LogP contribution < -0.4 is 10.2 Å². The highest BCUT2D eigenvalue weighted by Gasteiger charge is 2.34. The molecule has 0 bridgehead atoms. The second kappa shape index (κ2) is 12.0. The first kappa shape index (κ1) is 27.1. The van der Waals surface area contributed by atoms with Gasteiger partial charge in [0.05, 0.1) is 16.9 Å². The van der Waals surface area contributed by atoms with Crippen LogP contribution in [0.4, 0.5) is 17.1 Å². The van der Waals surface area contributed by atoms with Gasteiger partial charge in [-0.05, 0) is 63.7 Å². The fourth-order valence-corrected chi connectivity index (χ4v) is 4.39. The molecule has 3 rings (SSSR count). The zero-order chi connectivity index (χ0) is 26.4. The summed E-state index contributed by atoms with van der Waals surface area (Å²) in [5.41, 5.74) is 3.26. The first-order valence-corrected chi connectivity index (χ1v) is 12.5. The standard InChI is InChI=1S/C29H38N2O5/c1-18(2)9-6-10-19(3)11-7-12-20(4)15-26(36-5)31-23-16-21(32)17-25(34)28(23)30-27-22(29(31)35)13-8-14-24(27)33/h8,11,13-18,26,30,32-34H,6-7,9-10,12H2,1-5H3. The molecule has 0 aliphatic carbocycles. The normalized spacial score (nSPS) is 14.8. The van der Waals surface area contributed by atoms with Crippen molar-refractivity contribution in [3.8, 4) is 17.2 Å². The van der Waals surface area contributed by atoms with Crippen molar-refractivity contribution in [3.63, 3.8) is 0 Å². The van der Waals surface area contributed by atoms with Gasteiger partial charge in [0, 0.05) is 19.2 Å². The topological polar surface area (TPSA) is 102 Å². The maximum atomic E-state index is 13.7. The average molecular weight is 495 g/mol. The number of nitrogens with one attached hydrogen (secondary N) is 1. The van der Waals surface area contributed by atoms with E-state index < -0.39 is 12.1 Å². The molecule has 0 radical (unpaired) electrons. The number of carbonyl (C=O) groups excluding carboxylic acids is 1. The Labute approximate surface area is 213 Å².